The highest BCUT2D eigenvalue weighted by atomic mass is 16.5. The van der Waals surface area contributed by atoms with Gasteiger partial charge in [0.25, 0.3) is 0 Å². The van der Waals surface area contributed by atoms with E-state index in [0.29, 0.717) is 0 Å². The minimum absolute atomic E-state index is 0.143. The first-order valence-electron chi connectivity index (χ1n) is 5.00. The fraction of sp³-hybridized carbons (Fsp3) is 0.500. The van der Waals surface area contributed by atoms with Gasteiger partial charge < -0.3 is 9.84 Å². The second-order valence-electron chi connectivity index (χ2n) is 3.45. The molecular formula is C12H18O2. The van der Waals surface area contributed by atoms with Crippen LogP contribution in [0.25, 0.3) is 0 Å². The highest BCUT2D eigenvalue weighted by Crippen LogP contribution is 2.17. The van der Waals surface area contributed by atoms with Crippen LogP contribution in [0.15, 0.2) is 24.3 Å². The van der Waals surface area contributed by atoms with Crippen molar-refractivity contribution in [2.75, 3.05) is 13.7 Å². The van der Waals surface area contributed by atoms with E-state index in [4.69, 9.17) is 9.84 Å². The second-order valence-corrected chi connectivity index (χ2v) is 3.45. The molecule has 1 N–H and O–H groups in total. The van der Waals surface area contributed by atoms with E-state index in [-0.39, 0.29) is 12.7 Å². The summed E-state index contributed by atoms with van der Waals surface area (Å²) in [5.41, 5.74) is 2.46. The van der Waals surface area contributed by atoms with Crippen LogP contribution in [-0.2, 0) is 11.2 Å². The largest absolute Gasteiger partial charge is 0.396 e. The highest BCUT2D eigenvalue weighted by molar-refractivity contribution is 5.25. The van der Waals surface area contributed by atoms with Gasteiger partial charge in [0.05, 0.1) is 6.10 Å². The quantitative estimate of drug-likeness (QED) is 0.779. The third kappa shape index (κ3) is 3.13. The lowest BCUT2D eigenvalue weighted by Crippen LogP contribution is -1.97. The van der Waals surface area contributed by atoms with Gasteiger partial charge in [0.15, 0.2) is 0 Å². The van der Waals surface area contributed by atoms with Crippen LogP contribution in [0.4, 0.5) is 0 Å². The van der Waals surface area contributed by atoms with Gasteiger partial charge >= 0.3 is 0 Å². The van der Waals surface area contributed by atoms with Crippen molar-refractivity contribution in [3.63, 3.8) is 0 Å². The van der Waals surface area contributed by atoms with Gasteiger partial charge in [-0.1, -0.05) is 24.3 Å². The predicted molar refractivity (Wildman–Crippen MR) is 57.3 cm³/mol. The molecule has 78 valence electrons. The van der Waals surface area contributed by atoms with Gasteiger partial charge in [-0.15, -0.1) is 0 Å². The van der Waals surface area contributed by atoms with E-state index >= 15 is 0 Å². The normalized spacial score (nSPS) is 12.8. The molecule has 0 heterocycles. The molecule has 1 atom stereocenters. The number of hydrogen-bond donors (Lipinski definition) is 1. The van der Waals surface area contributed by atoms with Crippen molar-refractivity contribution in [1.82, 2.24) is 0 Å². The van der Waals surface area contributed by atoms with Crippen molar-refractivity contribution < 1.29 is 9.84 Å². The topological polar surface area (TPSA) is 29.5 Å². The summed E-state index contributed by atoms with van der Waals surface area (Å²) in [5.74, 6) is 0. The molecule has 0 spiro atoms. The molecule has 2 heteroatoms. The lowest BCUT2D eigenvalue weighted by atomic mass is 10.0. The summed E-state index contributed by atoms with van der Waals surface area (Å²) < 4.78 is 5.25. The minimum Gasteiger partial charge on any atom is -0.396 e. The molecule has 0 aromatic heterocycles. The maximum atomic E-state index is 8.73. The Morgan fingerprint density at radius 3 is 2.86 bits per heavy atom. The molecule has 0 aliphatic rings. The predicted octanol–water partition coefficient (Wildman–Crippen LogP) is 2.32. The highest BCUT2D eigenvalue weighted by Gasteiger charge is 2.03. The lowest BCUT2D eigenvalue weighted by Gasteiger charge is -2.10. The molecular weight excluding hydrogens is 176 g/mol. The Labute approximate surface area is 85.5 Å². The number of aliphatic hydroxyl groups is 1. The van der Waals surface area contributed by atoms with E-state index in [9.17, 15) is 0 Å². The molecule has 1 aromatic rings. The van der Waals surface area contributed by atoms with E-state index in [2.05, 4.69) is 18.2 Å². The maximum Gasteiger partial charge on any atom is 0.0793 e. The average molecular weight is 194 g/mol. The Hall–Kier alpha value is -0.860. The van der Waals surface area contributed by atoms with E-state index in [1.165, 1.54) is 11.1 Å². The molecule has 1 aromatic carbocycles. The maximum absolute atomic E-state index is 8.73. The Balaban J connectivity index is 2.68. The molecule has 0 amide bonds. The van der Waals surface area contributed by atoms with E-state index in [1.807, 2.05) is 13.0 Å². The second kappa shape index (κ2) is 5.78. The zero-order valence-electron chi connectivity index (χ0n) is 8.86. The molecule has 14 heavy (non-hydrogen) atoms. The monoisotopic (exact) mass is 194 g/mol. The van der Waals surface area contributed by atoms with E-state index < -0.39 is 0 Å². The van der Waals surface area contributed by atoms with Crippen LogP contribution in [0, 0.1) is 0 Å². The number of rotatable bonds is 5. The van der Waals surface area contributed by atoms with Crippen molar-refractivity contribution in [1.29, 1.82) is 0 Å². The van der Waals surface area contributed by atoms with Crippen LogP contribution in [0.1, 0.15) is 30.6 Å². The molecule has 2 nitrogen and oxygen atoms in total. The van der Waals surface area contributed by atoms with Gasteiger partial charge in [-0.3, -0.25) is 0 Å². The van der Waals surface area contributed by atoms with Gasteiger partial charge in [-0.05, 0) is 30.9 Å². The Kier molecular flexibility index (Phi) is 4.63. The van der Waals surface area contributed by atoms with Crippen molar-refractivity contribution >= 4 is 0 Å². The number of methoxy groups -OCH3 is 1. The smallest absolute Gasteiger partial charge is 0.0793 e. The van der Waals surface area contributed by atoms with Crippen LogP contribution in [-0.4, -0.2) is 18.8 Å². The number of ether oxygens (including phenoxy) is 1. The van der Waals surface area contributed by atoms with E-state index in [0.717, 1.165) is 12.8 Å². The van der Waals surface area contributed by atoms with E-state index in [1.54, 1.807) is 7.11 Å². The van der Waals surface area contributed by atoms with Crippen molar-refractivity contribution in [2.24, 2.45) is 0 Å². The standard InChI is InChI=1S/C12H18O2/c1-10(14-2)12-7-3-5-11(9-12)6-4-8-13/h3,5,7,9-10,13H,4,6,8H2,1-2H3. The molecule has 0 aliphatic heterocycles. The first kappa shape index (κ1) is 11.2. The first-order chi connectivity index (χ1) is 6.77. The fourth-order valence-corrected chi connectivity index (χ4v) is 1.42. The number of benzene rings is 1. The van der Waals surface area contributed by atoms with Crippen LogP contribution >= 0.6 is 0 Å². The minimum atomic E-state index is 0.143. The van der Waals surface area contributed by atoms with Crippen LogP contribution < -0.4 is 0 Å². The molecule has 0 bridgehead atoms. The molecule has 0 saturated heterocycles. The summed E-state index contributed by atoms with van der Waals surface area (Å²) in [6.45, 7) is 2.29. The van der Waals surface area contributed by atoms with Gasteiger partial charge in [0.2, 0.25) is 0 Å². The number of aliphatic hydroxyl groups excluding tert-OH is 1. The van der Waals surface area contributed by atoms with Crippen LogP contribution in [0.5, 0.6) is 0 Å². The van der Waals surface area contributed by atoms with Gasteiger partial charge in [-0.25, -0.2) is 0 Å². The molecule has 0 fully saturated rings. The molecule has 1 unspecified atom stereocenters. The number of aryl methyl sites for hydroxylation is 1. The zero-order chi connectivity index (χ0) is 10.4. The number of hydrogen-bond acceptors (Lipinski definition) is 2. The van der Waals surface area contributed by atoms with Crippen LogP contribution in [0.2, 0.25) is 0 Å². The molecule has 0 saturated carbocycles. The summed E-state index contributed by atoms with van der Waals surface area (Å²) in [6.07, 6.45) is 1.90. The summed E-state index contributed by atoms with van der Waals surface area (Å²) in [4.78, 5) is 0. The zero-order valence-corrected chi connectivity index (χ0v) is 8.86. The summed E-state index contributed by atoms with van der Waals surface area (Å²) in [7, 11) is 1.71. The van der Waals surface area contributed by atoms with Gasteiger partial charge in [0, 0.05) is 13.7 Å². The molecule has 0 aliphatic carbocycles. The Bertz CT molecular complexity index is 271. The SMILES string of the molecule is COC(C)c1cccc(CCCO)c1. The summed E-state index contributed by atoms with van der Waals surface area (Å²) in [6, 6.07) is 8.33. The van der Waals surface area contributed by atoms with Crippen molar-refractivity contribution in [2.45, 2.75) is 25.9 Å². The van der Waals surface area contributed by atoms with Gasteiger partial charge in [0.1, 0.15) is 0 Å². The van der Waals surface area contributed by atoms with Crippen molar-refractivity contribution in [3.05, 3.63) is 35.4 Å². The van der Waals surface area contributed by atoms with Gasteiger partial charge in [-0.2, -0.15) is 0 Å². The third-order valence-electron chi connectivity index (χ3n) is 2.40. The van der Waals surface area contributed by atoms with Crippen LogP contribution in [0.3, 0.4) is 0 Å². The average Bonchev–Trinajstić information content (AvgIpc) is 2.25. The summed E-state index contributed by atoms with van der Waals surface area (Å²) in [5, 5.41) is 8.73. The molecule has 1 rings (SSSR count). The van der Waals surface area contributed by atoms with Crippen molar-refractivity contribution in [3.8, 4) is 0 Å². The Morgan fingerprint density at radius 2 is 2.21 bits per heavy atom. The third-order valence-corrected chi connectivity index (χ3v) is 2.40. The fourth-order valence-electron chi connectivity index (χ4n) is 1.42. The Morgan fingerprint density at radius 1 is 1.43 bits per heavy atom. The summed E-state index contributed by atoms with van der Waals surface area (Å²) >= 11 is 0. The first-order valence-corrected chi connectivity index (χ1v) is 5.00. The molecule has 0 radical (unpaired) electrons. The lowest BCUT2D eigenvalue weighted by molar-refractivity contribution is 0.119.